The van der Waals surface area contributed by atoms with Gasteiger partial charge in [0.1, 0.15) is 5.82 Å². The van der Waals surface area contributed by atoms with E-state index in [2.05, 4.69) is 0 Å². The molecule has 0 aliphatic heterocycles. The van der Waals surface area contributed by atoms with E-state index in [0.29, 0.717) is 25.4 Å². The maximum Gasteiger partial charge on any atom is 0.127 e. The summed E-state index contributed by atoms with van der Waals surface area (Å²) in [5, 5.41) is 0. The summed E-state index contributed by atoms with van der Waals surface area (Å²) in [5.41, 5.74) is 6.74. The molecule has 18 heavy (non-hydrogen) atoms. The number of halogens is 1. The highest BCUT2D eigenvalue weighted by Gasteiger charge is 2.09. The molecule has 0 unspecified atom stereocenters. The predicted molar refractivity (Wildman–Crippen MR) is 69.7 cm³/mol. The van der Waals surface area contributed by atoms with Gasteiger partial charge in [-0.1, -0.05) is 6.07 Å². The van der Waals surface area contributed by atoms with Crippen LogP contribution < -0.4 is 5.73 Å². The van der Waals surface area contributed by atoms with Crippen LogP contribution >= 0.6 is 0 Å². The molecule has 0 radical (unpaired) electrons. The minimum absolute atomic E-state index is 0.147. The summed E-state index contributed by atoms with van der Waals surface area (Å²) in [6, 6.07) is 4.87. The first-order valence-corrected chi connectivity index (χ1v) is 6.11. The molecule has 0 fully saturated rings. The smallest absolute Gasteiger partial charge is 0.127 e. The zero-order valence-electron chi connectivity index (χ0n) is 11.3. The fraction of sp³-hybridized carbons (Fsp3) is 0.571. The second kappa shape index (κ2) is 6.83. The molecular weight excluding hydrogens is 233 g/mol. The van der Waals surface area contributed by atoms with Crippen LogP contribution in [0.4, 0.5) is 4.39 Å². The average molecular weight is 255 g/mol. The van der Waals surface area contributed by atoms with Crippen molar-refractivity contribution in [2.45, 2.75) is 39.5 Å². The lowest BCUT2D eigenvalue weighted by Crippen LogP contribution is -2.21. The Balaban J connectivity index is 2.31. The summed E-state index contributed by atoms with van der Waals surface area (Å²) in [6.07, 6.45) is 0. The van der Waals surface area contributed by atoms with Crippen LogP contribution in [-0.2, 0) is 22.6 Å². The van der Waals surface area contributed by atoms with Crippen LogP contribution in [0.25, 0.3) is 0 Å². The van der Waals surface area contributed by atoms with E-state index < -0.39 is 0 Å². The van der Waals surface area contributed by atoms with Crippen LogP contribution in [0.5, 0.6) is 0 Å². The standard InChI is InChI=1S/C14H22FNO2/c1-14(2,3)18-7-6-17-10-11-4-5-13(15)12(8-11)9-16/h4-5,8H,6-7,9-10,16H2,1-3H3. The molecule has 2 N–H and O–H groups in total. The van der Waals surface area contributed by atoms with E-state index in [9.17, 15) is 4.39 Å². The minimum Gasteiger partial charge on any atom is -0.374 e. The van der Waals surface area contributed by atoms with Gasteiger partial charge in [0.05, 0.1) is 25.4 Å². The molecule has 3 nitrogen and oxygen atoms in total. The van der Waals surface area contributed by atoms with Crippen LogP contribution in [0, 0.1) is 5.82 Å². The molecule has 1 aromatic rings. The Hall–Kier alpha value is -0.970. The van der Waals surface area contributed by atoms with Gasteiger partial charge in [-0.15, -0.1) is 0 Å². The fourth-order valence-electron chi connectivity index (χ4n) is 1.47. The summed E-state index contributed by atoms with van der Waals surface area (Å²) in [6.45, 7) is 7.72. The summed E-state index contributed by atoms with van der Waals surface area (Å²) in [4.78, 5) is 0. The van der Waals surface area contributed by atoms with E-state index in [4.69, 9.17) is 15.2 Å². The predicted octanol–water partition coefficient (Wildman–Crippen LogP) is 2.62. The molecule has 0 saturated heterocycles. The van der Waals surface area contributed by atoms with Crippen molar-refractivity contribution in [1.29, 1.82) is 0 Å². The highest BCUT2D eigenvalue weighted by atomic mass is 19.1. The lowest BCUT2D eigenvalue weighted by molar-refractivity contribution is -0.0376. The van der Waals surface area contributed by atoms with Crippen molar-refractivity contribution >= 4 is 0 Å². The van der Waals surface area contributed by atoms with Gasteiger partial charge < -0.3 is 15.2 Å². The van der Waals surface area contributed by atoms with Crippen molar-refractivity contribution in [1.82, 2.24) is 0 Å². The van der Waals surface area contributed by atoms with Crippen LogP contribution in [-0.4, -0.2) is 18.8 Å². The molecule has 0 saturated carbocycles. The number of ether oxygens (including phenoxy) is 2. The number of hydrogen-bond acceptors (Lipinski definition) is 3. The van der Waals surface area contributed by atoms with E-state index in [-0.39, 0.29) is 18.0 Å². The summed E-state index contributed by atoms with van der Waals surface area (Å²) in [5.74, 6) is -0.266. The first kappa shape index (κ1) is 15.1. The second-order valence-electron chi connectivity index (χ2n) is 5.14. The average Bonchev–Trinajstić information content (AvgIpc) is 2.29. The van der Waals surface area contributed by atoms with Crippen molar-refractivity contribution in [2.24, 2.45) is 5.73 Å². The lowest BCUT2D eigenvalue weighted by atomic mass is 10.1. The summed E-state index contributed by atoms with van der Waals surface area (Å²) >= 11 is 0. The number of hydrogen-bond donors (Lipinski definition) is 1. The molecule has 0 atom stereocenters. The topological polar surface area (TPSA) is 44.5 Å². The Morgan fingerprint density at radius 2 is 1.94 bits per heavy atom. The zero-order chi connectivity index (χ0) is 13.6. The first-order chi connectivity index (χ1) is 8.42. The van der Waals surface area contributed by atoms with E-state index >= 15 is 0 Å². The van der Waals surface area contributed by atoms with Gasteiger partial charge >= 0.3 is 0 Å². The molecule has 0 spiro atoms. The molecule has 1 aromatic carbocycles. The fourth-order valence-corrected chi connectivity index (χ4v) is 1.47. The first-order valence-electron chi connectivity index (χ1n) is 6.11. The molecular formula is C14H22FNO2. The molecule has 4 heteroatoms. The van der Waals surface area contributed by atoms with Crippen LogP contribution in [0.15, 0.2) is 18.2 Å². The maximum atomic E-state index is 13.2. The number of benzene rings is 1. The Morgan fingerprint density at radius 1 is 1.22 bits per heavy atom. The Labute approximate surface area is 108 Å². The van der Waals surface area contributed by atoms with Crippen molar-refractivity contribution < 1.29 is 13.9 Å². The molecule has 0 heterocycles. The van der Waals surface area contributed by atoms with E-state index in [1.54, 1.807) is 12.1 Å². The van der Waals surface area contributed by atoms with E-state index in [0.717, 1.165) is 5.56 Å². The van der Waals surface area contributed by atoms with Crippen molar-refractivity contribution in [3.63, 3.8) is 0 Å². The van der Waals surface area contributed by atoms with E-state index in [1.165, 1.54) is 6.07 Å². The van der Waals surface area contributed by atoms with E-state index in [1.807, 2.05) is 20.8 Å². The van der Waals surface area contributed by atoms with Crippen molar-refractivity contribution in [3.05, 3.63) is 35.1 Å². The minimum atomic E-state index is -0.266. The largest absolute Gasteiger partial charge is 0.374 e. The monoisotopic (exact) mass is 255 g/mol. The third-order valence-corrected chi connectivity index (χ3v) is 2.36. The highest BCUT2D eigenvalue weighted by molar-refractivity contribution is 5.24. The zero-order valence-corrected chi connectivity index (χ0v) is 11.3. The van der Waals surface area contributed by atoms with Gasteiger partial charge in [0, 0.05) is 12.1 Å². The Kier molecular flexibility index (Phi) is 5.72. The molecule has 0 aromatic heterocycles. The SMILES string of the molecule is CC(C)(C)OCCOCc1ccc(F)c(CN)c1. The van der Waals surface area contributed by atoms with Crippen molar-refractivity contribution in [3.8, 4) is 0 Å². The van der Waals surface area contributed by atoms with Crippen molar-refractivity contribution in [2.75, 3.05) is 13.2 Å². The third kappa shape index (κ3) is 5.58. The van der Waals surface area contributed by atoms with Crippen LogP contribution in [0.2, 0.25) is 0 Å². The normalized spacial score (nSPS) is 11.8. The third-order valence-electron chi connectivity index (χ3n) is 2.36. The maximum absolute atomic E-state index is 13.2. The quantitative estimate of drug-likeness (QED) is 0.795. The summed E-state index contributed by atoms with van der Waals surface area (Å²) in [7, 11) is 0. The Bertz CT molecular complexity index is 375. The number of rotatable bonds is 6. The lowest BCUT2D eigenvalue weighted by Gasteiger charge is -2.19. The molecule has 0 aliphatic rings. The summed E-state index contributed by atoms with van der Waals surface area (Å²) < 4.78 is 24.2. The molecule has 1 rings (SSSR count). The number of nitrogens with two attached hydrogens (primary N) is 1. The Morgan fingerprint density at radius 3 is 2.56 bits per heavy atom. The van der Waals surface area contributed by atoms with Crippen LogP contribution in [0.1, 0.15) is 31.9 Å². The molecule has 0 amide bonds. The second-order valence-corrected chi connectivity index (χ2v) is 5.14. The van der Waals surface area contributed by atoms with Gasteiger partial charge in [0.25, 0.3) is 0 Å². The van der Waals surface area contributed by atoms with Gasteiger partial charge in [-0.05, 0) is 38.5 Å². The molecule has 0 aliphatic carbocycles. The molecule has 0 bridgehead atoms. The van der Waals surface area contributed by atoms with Gasteiger partial charge in [-0.2, -0.15) is 0 Å². The van der Waals surface area contributed by atoms with Gasteiger partial charge in [0.2, 0.25) is 0 Å². The van der Waals surface area contributed by atoms with Gasteiger partial charge in [-0.25, -0.2) is 4.39 Å². The molecule has 102 valence electrons. The van der Waals surface area contributed by atoms with Gasteiger partial charge in [-0.3, -0.25) is 0 Å². The highest BCUT2D eigenvalue weighted by Crippen LogP contribution is 2.11. The van der Waals surface area contributed by atoms with Crippen LogP contribution in [0.3, 0.4) is 0 Å². The van der Waals surface area contributed by atoms with Gasteiger partial charge in [0.15, 0.2) is 0 Å².